The Labute approximate surface area is 114 Å². The summed E-state index contributed by atoms with van der Waals surface area (Å²) >= 11 is 6.23. The summed E-state index contributed by atoms with van der Waals surface area (Å²) in [7, 11) is 0. The average molecular weight is 262 g/mol. The fourth-order valence-corrected chi connectivity index (χ4v) is 2.75. The van der Waals surface area contributed by atoms with Gasteiger partial charge in [-0.05, 0) is 29.4 Å². The average Bonchev–Trinajstić information content (AvgIpc) is 2.39. The van der Waals surface area contributed by atoms with Crippen LogP contribution in [0.4, 0.5) is 0 Å². The van der Waals surface area contributed by atoms with Gasteiger partial charge in [0.25, 0.3) is 0 Å². The number of halogens is 1. The van der Waals surface area contributed by atoms with Crippen molar-refractivity contribution in [2.24, 2.45) is 11.7 Å². The van der Waals surface area contributed by atoms with Crippen molar-refractivity contribution in [2.75, 3.05) is 0 Å². The summed E-state index contributed by atoms with van der Waals surface area (Å²) in [5.74, 6) is 0.486. The molecule has 1 nitrogen and oxygen atoms in total. The molecule has 2 rings (SSSR count). The van der Waals surface area contributed by atoms with E-state index in [9.17, 15) is 0 Å². The van der Waals surface area contributed by atoms with Crippen molar-refractivity contribution < 1.29 is 0 Å². The summed E-state index contributed by atoms with van der Waals surface area (Å²) in [6.45, 7) is 4.42. The largest absolute Gasteiger partial charge is 0.324 e. The van der Waals surface area contributed by atoms with Crippen LogP contribution in [0.3, 0.4) is 0 Å². The minimum Gasteiger partial charge on any atom is -0.324 e. The molecule has 0 aromatic heterocycles. The third kappa shape index (κ3) is 2.52. The zero-order valence-electron chi connectivity index (χ0n) is 11.0. The molecular formula is C16H20ClN. The van der Waals surface area contributed by atoms with E-state index in [-0.39, 0.29) is 6.04 Å². The third-order valence-electron chi connectivity index (χ3n) is 3.62. The second-order valence-corrected chi connectivity index (χ2v) is 5.38. The number of hydrogen-bond donors (Lipinski definition) is 1. The molecule has 0 heterocycles. The van der Waals surface area contributed by atoms with Gasteiger partial charge in [0.15, 0.2) is 0 Å². The second-order valence-electron chi connectivity index (χ2n) is 4.97. The third-order valence-corrected chi connectivity index (χ3v) is 3.95. The molecule has 2 unspecified atom stereocenters. The lowest BCUT2D eigenvalue weighted by atomic mass is 9.89. The number of benzene rings is 2. The molecule has 0 radical (unpaired) electrons. The first kappa shape index (κ1) is 13.4. The first-order valence-electron chi connectivity index (χ1n) is 6.58. The van der Waals surface area contributed by atoms with Crippen molar-refractivity contribution in [3.8, 4) is 0 Å². The van der Waals surface area contributed by atoms with Gasteiger partial charge in [0.1, 0.15) is 0 Å². The van der Waals surface area contributed by atoms with Gasteiger partial charge in [0.05, 0.1) is 0 Å². The molecule has 2 N–H and O–H groups in total. The van der Waals surface area contributed by atoms with Crippen LogP contribution in [-0.4, -0.2) is 0 Å². The number of rotatable bonds is 4. The Morgan fingerprint density at radius 3 is 2.44 bits per heavy atom. The molecule has 0 aliphatic rings. The predicted molar refractivity (Wildman–Crippen MR) is 80.0 cm³/mol. The lowest BCUT2D eigenvalue weighted by molar-refractivity contribution is 0.436. The molecule has 2 aromatic carbocycles. The highest BCUT2D eigenvalue weighted by atomic mass is 35.5. The van der Waals surface area contributed by atoms with Crippen LogP contribution in [0.2, 0.25) is 5.02 Å². The SMILES string of the molecule is CCCC(C)C(N)c1ccc(Cl)c2ccccc12. The molecule has 0 amide bonds. The molecule has 0 aliphatic heterocycles. The van der Waals surface area contributed by atoms with E-state index < -0.39 is 0 Å². The molecule has 2 atom stereocenters. The van der Waals surface area contributed by atoms with Gasteiger partial charge in [-0.2, -0.15) is 0 Å². The molecule has 0 fully saturated rings. The Bertz CT molecular complexity index is 536. The van der Waals surface area contributed by atoms with E-state index in [1.54, 1.807) is 0 Å². The Hall–Kier alpha value is -1.05. The van der Waals surface area contributed by atoms with Gasteiger partial charge in [-0.15, -0.1) is 0 Å². The fraction of sp³-hybridized carbons (Fsp3) is 0.375. The summed E-state index contributed by atoms with van der Waals surface area (Å²) < 4.78 is 0. The van der Waals surface area contributed by atoms with Crippen LogP contribution in [0.1, 0.15) is 38.3 Å². The molecule has 0 bridgehead atoms. The van der Waals surface area contributed by atoms with Crippen molar-refractivity contribution in [3.05, 3.63) is 47.0 Å². The van der Waals surface area contributed by atoms with E-state index in [1.165, 1.54) is 17.4 Å². The molecular weight excluding hydrogens is 242 g/mol. The van der Waals surface area contributed by atoms with Gasteiger partial charge >= 0.3 is 0 Å². The summed E-state index contributed by atoms with van der Waals surface area (Å²) in [5, 5.41) is 3.07. The van der Waals surface area contributed by atoms with Crippen LogP contribution in [0.25, 0.3) is 10.8 Å². The standard InChI is InChI=1S/C16H20ClN/c1-3-6-11(2)16(18)14-9-10-15(17)13-8-5-4-7-12(13)14/h4-5,7-11,16H,3,6,18H2,1-2H3. The number of fused-ring (bicyclic) bond motifs is 1. The summed E-state index contributed by atoms with van der Waals surface area (Å²) in [6, 6.07) is 12.3. The maximum absolute atomic E-state index is 6.40. The van der Waals surface area contributed by atoms with Crippen molar-refractivity contribution in [1.82, 2.24) is 0 Å². The van der Waals surface area contributed by atoms with Crippen LogP contribution in [0.15, 0.2) is 36.4 Å². The minimum absolute atomic E-state index is 0.0760. The highest BCUT2D eigenvalue weighted by molar-refractivity contribution is 6.35. The van der Waals surface area contributed by atoms with Gasteiger partial charge < -0.3 is 5.73 Å². The van der Waals surface area contributed by atoms with Crippen molar-refractivity contribution in [3.63, 3.8) is 0 Å². The van der Waals surface area contributed by atoms with Crippen LogP contribution < -0.4 is 5.73 Å². The number of nitrogens with two attached hydrogens (primary N) is 1. The first-order chi connectivity index (χ1) is 8.65. The van der Waals surface area contributed by atoms with E-state index in [1.807, 2.05) is 18.2 Å². The van der Waals surface area contributed by atoms with Crippen LogP contribution in [0.5, 0.6) is 0 Å². The van der Waals surface area contributed by atoms with E-state index in [0.717, 1.165) is 16.8 Å². The maximum Gasteiger partial charge on any atom is 0.0484 e. The first-order valence-corrected chi connectivity index (χ1v) is 6.95. The van der Waals surface area contributed by atoms with Crippen molar-refractivity contribution in [1.29, 1.82) is 0 Å². The van der Waals surface area contributed by atoms with Gasteiger partial charge in [-0.1, -0.05) is 62.2 Å². The Morgan fingerprint density at radius 1 is 1.11 bits per heavy atom. The highest BCUT2D eigenvalue weighted by Crippen LogP contribution is 2.32. The molecule has 0 aliphatic carbocycles. The molecule has 0 spiro atoms. The molecule has 2 aromatic rings. The molecule has 96 valence electrons. The van der Waals surface area contributed by atoms with Crippen LogP contribution in [0, 0.1) is 5.92 Å². The summed E-state index contributed by atoms with van der Waals surface area (Å²) in [5.41, 5.74) is 7.60. The highest BCUT2D eigenvalue weighted by Gasteiger charge is 2.17. The molecule has 2 heteroatoms. The smallest absolute Gasteiger partial charge is 0.0484 e. The zero-order chi connectivity index (χ0) is 13.1. The predicted octanol–water partition coefficient (Wildman–Crippen LogP) is 4.93. The van der Waals surface area contributed by atoms with Gasteiger partial charge in [0.2, 0.25) is 0 Å². The Kier molecular flexibility index (Phi) is 4.26. The van der Waals surface area contributed by atoms with Crippen LogP contribution >= 0.6 is 11.6 Å². The van der Waals surface area contributed by atoms with Gasteiger partial charge in [-0.3, -0.25) is 0 Å². The summed E-state index contributed by atoms with van der Waals surface area (Å²) in [4.78, 5) is 0. The monoisotopic (exact) mass is 261 g/mol. The van der Waals surface area contributed by atoms with Gasteiger partial charge in [-0.25, -0.2) is 0 Å². The molecule has 0 saturated heterocycles. The van der Waals surface area contributed by atoms with E-state index >= 15 is 0 Å². The lowest BCUT2D eigenvalue weighted by Crippen LogP contribution is -2.19. The van der Waals surface area contributed by atoms with Crippen LogP contribution in [-0.2, 0) is 0 Å². The van der Waals surface area contributed by atoms with E-state index in [0.29, 0.717) is 5.92 Å². The van der Waals surface area contributed by atoms with Gasteiger partial charge in [0, 0.05) is 16.5 Å². The fourth-order valence-electron chi connectivity index (χ4n) is 2.52. The molecule has 18 heavy (non-hydrogen) atoms. The number of hydrogen-bond acceptors (Lipinski definition) is 1. The maximum atomic E-state index is 6.40. The molecule has 0 saturated carbocycles. The Balaban J connectivity index is 2.48. The minimum atomic E-state index is 0.0760. The van der Waals surface area contributed by atoms with Crippen molar-refractivity contribution in [2.45, 2.75) is 32.7 Å². The second kappa shape index (κ2) is 5.73. The Morgan fingerprint density at radius 2 is 1.78 bits per heavy atom. The lowest BCUT2D eigenvalue weighted by Gasteiger charge is -2.21. The normalized spacial score (nSPS) is 14.7. The quantitative estimate of drug-likeness (QED) is 0.830. The van der Waals surface area contributed by atoms with E-state index in [2.05, 4.69) is 32.0 Å². The topological polar surface area (TPSA) is 26.0 Å². The van der Waals surface area contributed by atoms with E-state index in [4.69, 9.17) is 17.3 Å². The van der Waals surface area contributed by atoms with Crippen molar-refractivity contribution >= 4 is 22.4 Å². The zero-order valence-corrected chi connectivity index (χ0v) is 11.7. The summed E-state index contributed by atoms with van der Waals surface area (Å²) in [6.07, 6.45) is 2.32.